The van der Waals surface area contributed by atoms with Crippen LogP contribution in [0.4, 0.5) is 0 Å². The summed E-state index contributed by atoms with van der Waals surface area (Å²) in [4.78, 5) is 11.7. The average molecular weight is 301 g/mol. The molecule has 114 valence electrons. The molecule has 1 heterocycles. The maximum Gasteiger partial charge on any atom is 0.185 e. The van der Waals surface area contributed by atoms with E-state index in [0.717, 1.165) is 11.1 Å². The molecule has 2 heteroatoms. The minimum atomic E-state index is 0.0319. The van der Waals surface area contributed by atoms with Crippen LogP contribution in [0.1, 0.15) is 15.9 Å². The van der Waals surface area contributed by atoms with E-state index in [9.17, 15) is 4.79 Å². The number of carbonyl (C=O) groups excluding carboxylic acids is 1. The van der Waals surface area contributed by atoms with Crippen molar-refractivity contribution in [2.24, 2.45) is 0 Å². The molecule has 0 bridgehead atoms. The maximum absolute atomic E-state index is 11.7. The lowest BCUT2D eigenvalue weighted by molar-refractivity contribution is 0.104. The highest BCUT2D eigenvalue weighted by molar-refractivity contribution is 6.06. The van der Waals surface area contributed by atoms with Crippen LogP contribution >= 0.6 is 0 Å². The van der Waals surface area contributed by atoms with E-state index in [0.29, 0.717) is 0 Å². The Bertz CT molecular complexity index is 741. The van der Waals surface area contributed by atoms with Crippen LogP contribution in [-0.2, 0) is 0 Å². The summed E-state index contributed by atoms with van der Waals surface area (Å²) in [5.41, 5.74) is 1.75. The second kappa shape index (κ2) is 9.00. The fourth-order valence-electron chi connectivity index (χ4n) is 1.90. The Morgan fingerprint density at radius 1 is 0.826 bits per heavy atom. The highest BCUT2D eigenvalue weighted by Crippen LogP contribution is 2.05. The van der Waals surface area contributed by atoms with Gasteiger partial charge < -0.3 is 4.57 Å². The molecule has 0 spiro atoms. The number of aromatic nitrogens is 1. The lowest BCUT2D eigenvalue weighted by Crippen LogP contribution is -1.92. The van der Waals surface area contributed by atoms with Gasteiger partial charge in [-0.2, -0.15) is 0 Å². The van der Waals surface area contributed by atoms with E-state index in [1.54, 1.807) is 12.3 Å². The first kappa shape index (κ1) is 16.2. The van der Waals surface area contributed by atoms with Crippen LogP contribution in [0.5, 0.6) is 0 Å². The molecule has 0 aliphatic rings. The van der Waals surface area contributed by atoms with Crippen molar-refractivity contribution in [3.05, 3.63) is 109 Å². The predicted octanol–water partition coefficient (Wildman–Crippen LogP) is 5.17. The Hall–Kier alpha value is -3.13. The second-order valence-corrected chi connectivity index (χ2v) is 4.79. The third-order valence-corrected chi connectivity index (χ3v) is 3.12. The van der Waals surface area contributed by atoms with Crippen LogP contribution < -0.4 is 0 Å². The zero-order chi connectivity index (χ0) is 16.3. The summed E-state index contributed by atoms with van der Waals surface area (Å²) >= 11 is 0. The van der Waals surface area contributed by atoms with Crippen molar-refractivity contribution in [2.45, 2.75) is 0 Å². The molecule has 0 amide bonds. The fourth-order valence-corrected chi connectivity index (χ4v) is 1.90. The van der Waals surface area contributed by atoms with Crippen molar-refractivity contribution >= 4 is 18.1 Å². The van der Waals surface area contributed by atoms with Gasteiger partial charge >= 0.3 is 0 Å². The van der Waals surface area contributed by atoms with Gasteiger partial charge in [0, 0.05) is 24.2 Å². The number of hydrogen-bond donors (Lipinski definition) is 0. The van der Waals surface area contributed by atoms with Gasteiger partial charge in [-0.25, -0.2) is 0 Å². The van der Waals surface area contributed by atoms with Gasteiger partial charge in [0.2, 0.25) is 0 Å². The highest BCUT2D eigenvalue weighted by Gasteiger charge is 1.98. The average Bonchev–Trinajstić information content (AvgIpc) is 3.16. The summed E-state index contributed by atoms with van der Waals surface area (Å²) in [6.45, 7) is 3.57. The van der Waals surface area contributed by atoms with Crippen LogP contribution in [0.3, 0.4) is 0 Å². The summed E-state index contributed by atoms with van der Waals surface area (Å²) in [5.74, 6) is 0.0319. The number of hydrogen-bond acceptors (Lipinski definition) is 1. The van der Waals surface area contributed by atoms with Gasteiger partial charge in [-0.05, 0) is 23.8 Å². The van der Waals surface area contributed by atoms with Crippen LogP contribution in [-0.4, -0.2) is 10.4 Å². The maximum atomic E-state index is 11.7. The molecule has 0 saturated carbocycles. The van der Waals surface area contributed by atoms with Crippen molar-refractivity contribution in [1.29, 1.82) is 0 Å². The minimum absolute atomic E-state index is 0.0319. The molecule has 0 unspecified atom stereocenters. The van der Waals surface area contributed by atoms with Crippen LogP contribution in [0, 0.1) is 0 Å². The number of ketones is 1. The summed E-state index contributed by atoms with van der Waals surface area (Å²) in [7, 11) is 0. The molecule has 3 rings (SSSR count). The van der Waals surface area contributed by atoms with E-state index in [1.807, 2.05) is 95.8 Å². The third kappa shape index (κ3) is 5.64. The first-order chi connectivity index (χ1) is 11.3. The molecule has 0 saturated heterocycles. The Morgan fingerprint density at radius 3 is 1.91 bits per heavy atom. The molecule has 0 fully saturated rings. The van der Waals surface area contributed by atoms with Gasteiger partial charge in [0.1, 0.15) is 0 Å². The standard InChI is InChI=1S/C15H12O.C6H7N/c16-15(14-9-5-2-6-10-14)12-11-13-7-3-1-4-8-13;1-2-7-5-3-4-6-7/h1-12H;2-6H,1H2. The lowest BCUT2D eigenvalue weighted by atomic mass is 10.1. The molecule has 23 heavy (non-hydrogen) atoms. The molecular formula is C21H19NO. The van der Waals surface area contributed by atoms with E-state index in [4.69, 9.17) is 0 Å². The molecule has 0 N–H and O–H groups in total. The zero-order valence-electron chi connectivity index (χ0n) is 12.9. The van der Waals surface area contributed by atoms with E-state index < -0.39 is 0 Å². The predicted molar refractivity (Wildman–Crippen MR) is 97.1 cm³/mol. The molecule has 2 aromatic carbocycles. The summed E-state index contributed by atoms with van der Waals surface area (Å²) in [6.07, 6.45) is 9.06. The fraction of sp³-hybridized carbons (Fsp3) is 0. The summed E-state index contributed by atoms with van der Waals surface area (Å²) in [5, 5.41) is 0. The van der Waals surface area contributed by atoms with Gasteiger partial charge in [-0.15, -0.1) is 0 Å². The molecule has 3 aromatic rings. The summed E-state index contributed by atoms with van der Waals surface area (Å²) < 4.78 is 1.89. The molecule has 0 radical (unpaired) electrons. The smallest absolute Gasteiger partial charge is 0.185 e. The second-order valence-electron chi connectivity index (χ2n) is 4.79. The summed E-state index contributed by atoms with van der Waals surface area (Å²) in [6, 6.07) is 23.0. The number of carbonyl (C=O) groups is 1. The molecule has 0 aliphatic heterocycles. The van der Waals surface area contributed by atoms with Crippen molar-refractivity contribution in [3.63, 3.8) is 0 Å². The number of benzene rings is 2. The molecule has 2 nitrogen and oxygen atoms in total. The molecule has 0 aliphatic carbocycles. The van der Waals surface area contributed by atoms with E-state index in [1.165, 1.54) is 0 Å². The Balaban J connectivity index is 0.000000229. The number of rotatable bonds is 4. The number of allylic oxidation sites excluding steroid dienone is 1. The zero-order valence-corrected chi connectivity index (χ0v) is 12.9. The first-order valence-corrected chi connectivity index (χ1v) is 7.37. The van der Waals surface area contributed by atoms with Gasteiger partial charge in [0.25, 0.3) is 0 Å². The largest absolute Gasteiger partial charge is 0.331 e. The van der Waals surface area contributed by atoms with Gasteiger partial charge in [0.05, 0.1) is 0 Å². The lowest BCUT2D eigenvalue weighted by Gasteiger charge is -1.94. The van der Waals surface area contributed by atoms with Crippen molar-refractivity contribution < 1.29 is 4.79 Å². The Labute approximate surface area is 137 Å². The minimum Gasteiger partial charge on any atom is -0.331 e. The van der Waals surface area contributed by atoms with Gasteiger partial charge in [-0.1, -0.05) is 73.3 Å². The monoisotopic (exact) mass is 301 g/mol. The van der Waals surface area contributed by atoms with Gasteiger partial charge in [-0.3, -0.25) is 4.79 Å². The number of nitrogens with zero attached hydrogens (tertiary/aromatic N) is 1. The third-order valence-electron chi connectivity index (χ3n) is 3.12. The Kier molecular flexibility index (Phi) is 6.36. The topological polar surface area (TPSA) is 22.0 Å². The van der Waals surface area contributed by atoms with Crippen LogP contribution in [0.15, 0.2) is 97.8 Å². The van der Waals surface area contributed by atoms with Gasteiger partial charge in [0.15, 0.2) is 5.78 Å². The first-order valence-electron chi connectivity index (χ1n) is 7.37. The van der Waals surface area contributed by atoms with Crippen molar-refractivity contribution in [2.75, 3.05) is 0 Å². The van der Waals surface area contributed by atoms with E-state index >= 15 is 0 Å². The normalized spacial score (nSPS) is 9.91. The Morgan fingerprint density at radius 2 is 1.39 bits per heavy atom. The molecule has 1 aromatic heterocycles. The van der Waals surface area contributed by atoms with Crippen LogP contribution in [0.25, 0.3) is 12.3 Å². The highest BCUT2D eigenvalue weighted by atomic mass is 16.1. The molecule has 0 atom stereocenters. The van der Waals surface area contributed by atoms with Crippen molar-refractivity contribution in [1.82, 2.24) is 4.57 Å². The molecular weight excluding hydrogens is 282 g/mol. The van der Waals surface area contributed by atoms with E-state index in [2.05, 4.69) is 6.58 Å². The SMILES string of the molecule is C=Cn1cccc1.O=C(C=Cc1ccccc1)c1ccccc1. The quantitative estimate of drug-likeness (QED) is 0.481. The van der Waals surface area contributed by atoms with Crippen LogP contribution in [0.2, 0.25) is 0 Å². The van der Waals surface area contributed by atoms with E-state index in [-0.39, 0.29) is 5.78 Å². The van der Waals surface area contributed by atoms with Crippen molar-refractivity contribution in [3.8, 4) is 0 Å².